The fourth-order valence-electron chi connectivity index (χ4n) is 3.56. The monoisotopic (exact) mass is 492 g/mol. The van der Waals surface area contributed by atoms with Crippen molar-refractivity contribution in [3.05, 3.63) is 100 Å². The van der Waals surface area contributed by atoms with E-state index in [1.54, 1.807) is 18.2 Å². The summed E-state index contributed by atoms with van der Waals surface area (Å²) in [5.41, 5.74) is 0.492. The zero-order chi connectivity index (χ0) is 25.0. The molecule has 0 saturated heterocycles. The van der Waals surface area contributed by atoms with Gasteiger partial charge in [-0.05, 0) is 48.9 Å². The molecule has 0 unspecified atom stereocenters. The first-order chi connectivity index (χ1) is 16.8. The number of hydrogen-bond donors (Lipinski definition) is 1. The van der Waals surface area contributed by atoms with Gasteiger partial charge < -0.3 is 14.5 Å². The van der Waals surface area contributed by atoms with Gasteiger partial charge in [-0.15, -0.1) is 0 Å². The van der Waals surface area contributed by atoms with Crippen LogP contribution < -0.4 is 15.7 Å². The molecule has 0 aliphatic rings. The number of para-hydroxylation sites is 1. The van der Waals surface area contributed by atoms with Crippen molar-refractivity contribution in [2.45, 2.75) is 18.4 Å². The second-order valence-electron chi connectivity index (χ2n) is 7.78. The van der Waals surface area contributed by atoms with Crippen LogP contribution in [0.15, 0.2) is 93.0 Å². The molecule has 9 heteroatoms. The lowest BCUT2D eigenvalue weighted by Crippen LogP contribution is -2.26. The first kappa shape index (κ1) is 24.2. The van der Waals surface area contributed by atoms with Crippen LogP contribution in [0.25, 0.3) is 11.0 Å². The molecule has 0 aliphatic heterocycles. The Balaban J connectivity index is 1.51. The van der Waals surface area contributed by atoms with E-state index < -0.39 is 21.6 Å². The molecular weight excluding hydrogens is 468 g/mol. The van der Waals surface area contributed by atoms with Crippen LogP contribution in [0.1, 0.15) is 22.8 Å². The van der Waals surface area contributed by atoms with Gasteiger partial charge in [-0.3, -0.25) is 4.79 Å². The van der Waals surface area contributed by atoms with Crippen molar-refractivity contribution >= 4 is 32.6 Å². The summed E-state index contributed by atoms with van der Waals surface area (Å²) in [6, 6.07) is 21.6. The number of sulfonamides is 1. The van der Waals surface area contributed by atoms with Gasteiger partial charge in [-0.1, -0.05) is 42.5 Å². The Labute approximate surface area is 202 Å². The molecule has 0 bridgehead atoms. The molecule has 1 heterocycles. The summed E-state index contributed by atoms with van der Waals surface area (Å²) in [7, 11) is -2.22. The molecule has 35 heavy (non-hydrogen) atoms. The number of anilines is 1. The molecule has 0 saturated carbocycles. The largest absolute Gasteiger partial charge is 0.490 e. The zero-order valence-electron chi connectivity index (χ0n) is 19.2. The topological polar surface area (TPSA) is 106 Å². The van der Waals surface area contributed by atoms with Crippen molar-refractivity contribution < 1.29 is 22.4 Å². The Morgan fingerprint density at radius 1 is 1.00 bits per heavy atom. The van der Waals surface area contributed by atoms with E-state index in [0.29, 0.717) is 23.4 Å². The number of amides is 1. The van der Waals surface area contributed by atoms with Crippen LogP contribution in [-0.2, 0) is 16.6 Å². The molecule has 0 fully saturated rings. The predicted octanol–water partition coefficient (Wildman–Crippen LogP) is 4.26. The minimum Gasteiger partial charge on any atom is -0.490 e. The molecule has 1 N–H and O–H groups in total. The van der Waals surface area contributed by atoms with E-state index in [2.05, 4.69) is 5.32 Å². The molecule has 1 aromatic heterocycles. The molecular formula is C26H24N2O6S. The average molecular weight is 493 g/mol. The third-order valence-corrected chi connectivity index (χ3v) is 7.15. The van der Waals surface area contributed by atoms with Crippen LogP contribution in [0.2, 0.25) is 0 Å². The van der Waals surface area contributed by atoms with Crippen LogP contribution >= 0.6 is 0 Å². The summed E-state index contributed by atoms with van der Waals surface area (Å²) in [6.45, 7) is 2.44. The van der Waals surface area contributed by atoms with Gasteiger partial charge in [0.25, 0.3) is 5.91 Å². The Morgan fingerprint density at radius 2 is 1.71 bits per heavy atom. The van der Waals surface area contributed by atoms with E-state index in [4.69, 9.17) is 9.15 Å². The summed E-state index contributed by atoms with van der Waals surface area (Å²) in [5.74, 6) is -0.248. The van der Waals surface area contributed by atoms with Crippen molar-refractivity contribution in [3.63, 3.8) is 0 Å². The Kier molecular flexibility index (Phi) is 6.99. The second kappa shape index (κ2) is 10.1. The number of hydrogen-bond acceptors (Lipinski definition) is 6. The molecule has 4 aromatic rings. The molecule has 180 valence electrons. The Morgan fingerprint density at radius 3 is 2.40 bits per heavy atom. The summed E-state index contributed by atoms with van der Waals surface area (Å²) in [6.07, 6.45) is 0. The zero-order valence-corrected chi connectivity index (χ0v) is 20.0. The fraction of sp³-hybridized carbons (Fsp3) is 0.154. The van der Waals surface area contributed by atoms with Gasteiger partial charge in [0, 0.05) is 24.7 Å². The summed E-state index contributed by atoms with van der Waals surface area (Å²) in [4.78, 5) is 25.3. The van der Waals surface area contributed by atoms with E-state index in [-0.39, 0.29) is 22.6 Å². The highest BCUT2D eigenvalue weighted by Crippen LogP contribution is 2.25. The normalized spacial score (nSPS) is 11.5. The van der Waals surface area contributed by atoms with E-state index in [1.807, 2.05) is 37.3 Å². The maximum atomic E-state index is 12.9. The molecule has 0 radical (unpaired) electrons. The van der Waals surface area contributed by atoms with E-state index in [9.17, 15) is 18.0 Å². The number of carbonyl (C=O) groups is 1. The number of rotatable bonds is 8. The lowest BCUT2D eigenvalue weighted by molar-refractivity contribution is 0.102. The third kappa shape index (κ3) is 5.26. The van der Waals surface area contributed by atoms with Crippen LogP contribution in [0.3, 0.4) is 0 Å². The number of fused-ring (bicyclic) bond motifs is 1. The van der Waals surface area contributed by atoms with Crippen LogP contribution in [0, 0.1) is 0 Å². The maximum absolute atomic E-state index is 12.9. The number of ether oxygens (including phenoxy) is 1. The highest BCUT2D eigenvalue weighted by atomic mass is 32.2. The molecule has 0 atom stereocenters. The van der Waals surface area contributed by atoms with Crippen LogP contribution in [0.4, 0.5) is 5.69 Å². The SMILES string of the molecule is CCOc1cccc2cc(C(=O)Nc3ccc(S(=O)(=O)N(C)Cc4ccccc4)cc3)c(=O)oc12. The number of nitrogens with one attached hydrogen (secondary N) is 1. The van der Waals surface area contributed by atoms with Crippen LogP contribution in [-0.4, -0.2) is 32.3 Å². The van der Waals surface area contributed by atoms with E-state index in [0.717, 1.165) is 5.56 Å². The van der Waals surface area contributed by atoms with E-state index >= 15 is 0 Å². The number of carbonyl (C=O) groups excluding carboxylic acids is 1. The minimum atomic E-state index is -3.73. The quantitative estimate of drug-likeness (QED) is 0.368. The maximum Gasteiger partial charge on any atom is 0.349 e. The minimum absolute atomic E-state index is 0.0857. The van der Waals surface area contributed by atoms with Gasteiger partial charge in [-0.2, -0.15) is 4.31 Å². The lowest BCUT2D eigenvalue weighted by atomic mass is 10.1. The molecule has 0 aliphatic carbocycles. The Bertz CT molecular complexity index is 1510. The van der Waals surface area contributed by atoms with Crippen molar-refractivity contribution in [2.75, 3.05) is 19.0 Å². The summed E-state index contributed by atoms with van der Waals surface area (Å²) >= 11 is 0. The lowest BCUT2D eigenvalue weighted by Gasteiger charge is -2.17. The standard InChI is InChI=1S/C26H24N2O6S/c1-3-33-23-11-7-10-19-16-22(26(30)34-24(19)23)25(29)27-20-12-14-21(15-13-20)35(31,32)28(2)17-18-8-5-4-6-9-18/h4-16H,3,17H2,1-2H3,(H,27,29). The highest BCUT2D eigenvalue weighted by Gasteiger charge is 2.21. The van der Waals surface area contributed by atoms with Crippen molar-refractivity contribution in [1.82, 2.24) is 4.31 Å². The van der Waals surface area contributed by atoms with Crippen molar-refractivity contribution in [1.29, 1.82) is 0 Å². The summed E-state index contributed by atoms with van der Waals surface area (Å²) < 4.78 is 37.9. The van der Waals surface area contributed by atoms with E-state index in [1.165, 1.54) is 41.7 Å². The van der Waals surface area contributed by atoms with Gasteiger partial charge in [0.15, 0.2) is 11.3 Å². The first-order valence-corrected chi connectivity index (χ1v) is 12.3. The fourth-order valence-corrected chi connectivity index (χ4v) is 4.72. The molecule has 0 spiro atoms. The van der Waals surface area contributed by atoms with Gasteiger partial charge >= 0.3 is 5.63 Å². The molecule has 3 aromatic carbocycles. The Hall–Kier alpha value is -3.95. The van der Waals surface area contributed by atoms with Crippen LogP contribution in [0.5, 0.6) is 5.75 Å². The smallest absolute Gasteiger partial charge is 0.349 e. The van der Waals surface area contributed by atoms with Gasteiger partial charge in [0.05, 0.1) is 11.5 Å². The van der Waals surface area contributed by atoms with Gasteiger partial charge in [0.2, 0.25) is 10.0 Å². The summed E-state index contributed by atoms with van der Waals surface area (Å²) in [5, 5.41) is 3.16. The van der Waals surface area contributed by atoms with Crippen molar-refractivity contribution in [3.8, 4) is 5.75 Å². The van der Waals surface area contributed by atoms with Crippen molar-refractivity contribution in [2.24, 2.45) is 0 Å². The molecule has 4 rings (SSSR count). The third-order valence-electron chi connectivity index (χ3n) is 5.34. The highest BCUT2D eigenvalue weighted by molar-refractivity contribution is 7.89. The predicted molar refractivity (Wildman–Crippen MR) is 133 cm³/mol. The number of benzene rings is 3. The second-order valence-corrected chi connectivity index (χ2v) is 9.83. The molecule has 8 nitrogen and oxygen atoms in total. The average Bonchev–Trinajstić information content (AvgIpc) is 2.85. The van der Waals surface area contributed by atoms with Gasteiger partial charge in [0.1, 0.15) is 5.56 Å². The molecule has 1 amide bonds. The number of nitrogens with zero attached hydrogens (tertiary/aromatic N) is 1. The van der Waals surface area contributed by atoms with Gasteiger partial charge in [-0.25, -0.2) is 13.2 Å². The first-order valence-electron chi connectivity index (χ1n) is 10.9.